The zero-order chi connectivity index (χ0) is 38.3. The molecule has 2 aliphatic carbocycles. The molecule has 0 spiro atoms. The van der Waals surface area contributed by atoms with Gasteiger partial charge in [0.25, 0.3) is 0 Å². The number of rotatable bonds is 3. The van der Waals surface area contributed by atoms with E-state index in [1.807, 2.05) is 11.3 Å². The summed E-state index contributed by atoms with van der Waals surface area (Å²) in [6.07, 6.45) is 0. The van der Waals surface area contributed by atoms with E-state index in [4.69, 9.17) is 0 Å². The second kappa shape index (κ2) is 11.4. The Morgan fingerprint density at radius 2 is 1.00 bits per heavy atom. The van der Waals surface area contributed by atoms with Crippen molar-refractivity contribution in [1.82, 2.24) is 0 Å². The Labute approximate surface area is 333 Å². The molecule has 0 amide bonds. The van der Waals surface area contributed by atoms with Crippen molar-refractivity contribution in [3.63, 3.8) is 0 Å². The third-order valence-corrected chi connectivity index (χ3v) is 14.2. The number of thiophene rings is 1. The van der Waals surface area contributed by atoms with Gasteiger partial charge >= 0.3 is 0 Å². The van der Waals surface area contributed by atoms with Crippen LogP contribution in [0, 0.1) is 0 Å². The van der Waals surface area contributed by atoms with Crippen LogP contribution in [0.3, 0.4) is 0 Å². The molecular weight excluding hydrogens is 695 g/mol. The number of benzene rings is 8. The predicted octanol–water partition coefficient (Wildman–Crippen LogP) is 15.7. The molecule has 1 nitrogen and oxygen atoms in total. The van der Waals surface area contributed by atoms with Crippen LogP contribution in [0.5, 0.6) is 0 Å². The standard InChI is InChI=1S/C54H45NS/c1-52(2,3)48-46-39-23-12-15-25-41(39)53(4,5)49(46)51(50-47(48)40-24-13-16-26-42(40)54(50,6)7)55(33-28-29-38-37-22-14-17-27-44(37)56-45(38)31-33)43-30-32-18-8-9-19-34(32)35-20-10-11-21-36(35)43/h8-31H,1-7H3. The number of hydrogen-bond donors (Lipinski definition) is 0. The maximum absolute atomic E-state index is 2.70. The number of hydrogen-bond acceptors (Lipinski definition) is 2. The summed E-state index contributed by atoms with van der Waals surface area (Å²) in [4.78, 5) is 2.70. The van der Waals surface area contributed by atoms with Gasteiger partial charge in [-0.3, -0.25) is 0 Å². The summed E-state index contributed by atoms with van der Waals surface area (Å²) >= 11 is 1.90. The monoisotopic (exact) mass is 739 g/mol. The Hall–Kier alpha value is -5.70. The zero-order valence-corrected chi connectivity index (χ0v) is 34.0. The van der Waals surface area contributed by atoms with Gasteiger partial charge in [-0.05, 0) is 95.9 Å². The van der Waals surface area contributed by atoms with Gasteiger partial charge in [-0.15, -0.1) is 11.3 Å². The van der Waals surface area contributed by atoms with Crippen molar-refractivity contribution in [2.45, 2.75) is 64.7 Å². The summed E-state index contributed by atoms with van der Waals surface area (Å²) in [7, 11) is 0. The SMILES string of the molecule is CC(C)(C)c1c2c(c(N(c3ccc4c(c3)sc3ccccc34)c3cc4ccccc4c4ccccc34)c3c1-c1ccccc1C3(C)C)C(C)(C)c1ccccc1-2. The molecular formula is C54H45NS. The molecule has 2 aliphatic rings. The Morgan fingerprint density at radius 3 is 1.64 bits per heavy atom. The van der Waals surface area contributed by atoms with Crippen LogP contribution < -0.4 is 4.90 Å². The molecule has 2 heteroatoms. The molecule has 0 fully saturated rings. The van der Waals surface area contributed by atoms with Gasteiger partial charge in [0.05, 0.1) is 11.4 Å². The third-order valence-electron chi connectivity index (χ3n) is 13.0. The highest BCUT2D eigenvalue weighted by Gasteiger charge is 2.50. The van der Waals surface area contributed by atoms with Crippen molar-refractivity contribution in [3.8, 4) is 22.3 Å². The molecule has 0 aliphatic heterocycles. The average molecular weight is 740 g/mol. The molecule has 272 valence electrons. The molecule has 8 aromatic carbocycles. The van der Waals surface area contributed by atoms with E-state index in [1.54, 1.807) is 0 Å². The summed E-state index contributed by atoms with van der Waals surface area (Å²) in [6, 6.07) is 55.1. The van der Waals surface area contributed by atoms with Gasteiger partial charge in [-0.2, -0.15) is 0 Å². The molecule has 0 atom stereocenters. The molecule has 0 saturated carbocycles. The first kappa shape index (κ1) is 33.6. The maximum atomic E-state index is 2.70. The van der Waals surface area contributed by atoms with Crippen molar-refractivity contribution in [2.24, 2.45) is 0 Å². The van der Waals surface area contributed by atoms with Crippen LogP contribution in [-0.4, -0.2) is 0 Å². The maximum Gasteiger partial charge on any atom is 0.0556 e. The lowest BCUT2D eigenvalue weighted by Gasteiger charge is -2.40. The number of anilines is 3. The second-order valence-electron chi connectivity index (χ2n) is 18.1. The quantitative estimate of drug-likeness (QED) is 0.163. The van der Waals surface area contributed by atoms with E-state index in [-0.39, 0.29) is 16.2 Å². The summed E-state index contributed by atoms with van der Waals surface area (Å²) in [5.41, 5.74) is 15.8. The second-order valence-corrected chi connectivity index (χ2v) is 19.2. The molecule has 0 N–H and O–H groups in total. The molecule has 11 rings (SSSR count). The highest BCUT2D eigenvalue weighted by Crippen LogP contribution is 2.66. The first-order valence-electron chi connectivity index (χ1n) is 20.0. The van der Waals surface area contributed by atoms with Crippen LogP contribution in [0.1, 0.15) is 76.3 Å². The molecule has 0 bridgehead atoms. The number of fused-ring (bicyclic) bond motifs is 12. The molecule has 0 radical (unpaired) electrons. The fraction of sp³-hybridized carbons (Fsp3) is 0.185. The van der Waals surface area contributed by atoms with Crippen LogP contribution in [0.25, 0.3) is 64.0 Å². The van der Waals surface area contributed by atoms with E-state index in [9.17, 15) is 0 Å². The lowest BCUT2D eigenvalue weighted by molar-refractivity contribution is 0.587. The van der Waals surface area contributed by atoms with Gasteiger partial charge in [-0.1, -0.05) is 170 Å². The van der Waals surface area contributed by atoms with E-state index < -0.39 is 0 Å². The van der Waals surface area contributed by atoms with Gasteiger partial charge in [0.15, 0.2) is 0 Å². The summed E-state index contributed by atoms with van der Waals surface area (Å²) < 4.78 is 2.63. The molecule has 9 aromatic rings. The summed E-state index contributed by atoms with van der Waals surface area (Å²) in [6.45, 7) is 17.2. The first-order valence-corrected chi connectivity index (χ1v) is 20.8. The van der Waals surface area contributed by atoms with Gasteiger partial charge < -0.3 is 4.90 Å². The van der Waals surface area contributed by atoms with Crippen LogP contribution in [0.15, 0.2) is 146 Å². The molecule has 0 unspecified atom stereocenters. The van der Waals surface area contributed by atoms with E-state index in [0.29, 0.717) is 0 Å². The zero-order valence-electron chi connectivity index (χ0n) is 33.2. The predicted molar refractivity (Wildman–Crippen MR) is 243 cm³/mol. The van der Waals surface area contributed by atoms with Crippen molar-refractivity contribution < 1.29 is 0 Å². The van der Waals surface area contributed by atoms with Crippen LogP contribution in [0.4, 0.5) is 17.1 Å². The van der Waals surface area contributed by atoms with Crippen LogP contribution >= 0.6 is 11.3 Å². The lowest BCUT2D eigenvalue weighted by atomic mass is 9.70. The Morgan fingerprint density at radius 1 is 0.482 bits per heavy atom. The van der Waals surface area contributed by atoms with E-state index in [1.165, 1.54) is 109 Å². The minimum atomic E-state index is -0.270. The van der Waals surface area contributed by atoms with Crippen LogP contribution in [0.2, 0.25) is 0 Å². The minimum absolute atomic E-state index is 0.121. The minimum Gasteiger partial charge on any atom is -0.309 e. The van der Waals surface area contributed by atoms with Gasteiger partial charge in [0.1, 0.15) is 0 Å². The largest absolute Gasteiger partial charge is 0.309 e. The lowest BCUT2D eigenvalue weighted by Crippen LogP contribution is -2.28. The number of nitrogens with zero attached hydrogens (tertiary/aromatic N) is 1. The van der Waals surface area contributed by atoms with Gasteiger partial charge in [0.2, 0.25) is 0 Å². The van der Waals surface area contributed by atoms with Crippen molar-refractivity contribution >= 4 is 70.1 Å². The third kappa shape index (κ3) is 4.42. The highest BCUT2D eigenvalue weighted by atomic mass is 32.1. The molecule has 0 saturated heterocycles. The van der Waals surface area contributed by atoms with Gasteiger partial charge in [0, 0.05) is 42.1 Å². The highest BCUT2D eigenvalue weighted by molar-refractivity contribution is 7.25. The first-order chi connectivity index (χ1) is 27.0. The Bertz CT molecular complexity index is 3040. The van der Waals surface area contributed by atoms with E-state index in [0.717, 1.165) is 0 Å². The smallest absolute Gasteiger partial charge is 0.0556 e. The van der Waals surface area contributed by atoms with Crippen molar-refractivity contribution in [2.75, 3.05) is 4.90 Å². The average Bonchev–Trinajstić information content (AvgIpc) is 3.77. The molecule has 1 aromatic heterocycles. The van der Waals surface area contributed by atoms with E-state index in [2.05, 4.69) is 199 Å². The van der Waals surface area contributed by atoms with E-state index >= 15 is 0 Å². The molecule has 56 heavy (non-hydrogen) atoms. The fourth-order valence-corrected chi connectivity index (χ4v) is 11.8. The summed E-state index contributed by atoms with van der Waals surface area (Å²) in [5, 5.41) is 7.71. The fourth-order valence-electron chi connectivity index (χ4n) is 10.7. The van der Waals surface area contributed by atoms with Crippen molar-refractivity contribution in [3.05, 3.63) is 173 Å². The van der Waals surface area contributed by atoms with Crippen molar-refractivity contribution in [1.29, 1.82) is 0 Å². The molecule has 1 heterocycles. The normalized spacial score (nSPS) is 15.0. The topological polar surface area (TPSA) is 3.24 Å². The van der Waals surface area contributed by atoms with Gasteiger partial charge in [-0.25, -0.2) is 0 Å². The van der Waals surface area contributed by atoms with Crippen LogP contribution in [-0.2, 0) is 16.2 Å². The summed E-state index contributed by atoms with van der Waals surface area (Å²) in [5.74, 6) is 0. The Balaban J connectivity index is 1.38. The Kier molecular flexibility index (Phi) is 6.86.